The number of nitro groups is 1. The topological polar surface area (TPSA) is 110 Å². The van der Waals surface area contributed by atoms with Gasteiger partial charge in [0, 0.05) is 25.2 Å². The fraction of sp³-hybridized carbons (Fsp3) is 0.269. The Hall–Kier alpha value is -3.76. The maximum Gasteiger partial charge on any atom is 0.410 e. The van der Waals surface area contributed by atoms with Gasteiger partial charge in [-0.2, -0.15) is 4.31 Å². The summed E-state index contributed by atoms with van der Waals surface area (Å²) in [7, 11) is -4.19. The molecule has 0 aliphatic carbocycles. The average molecular weight is 510 g/mol. The summed E-state index contributed by atoms with van der Waals surface area (Å²) in [5.41, 5.74) is 1.30. The van der Waals surface area contributed by atoms with Gasteiger partial charge < -0.3 is 4.74 Å². The zero-order valence-corrected chi connectivity index (χ0v) is 20.6. The van der Waals surface area contributed by atoms with Gasteiger partial charge in [0.05, 0.1) is 11.0 Å². The lowest BCUT2D eigenvalue weighted by Gasteiger charge is -2.44. The highest BCUT2D eigenvalue weighted by Crippen LogP contribution is 2.30. The van der Waals surface area contributed by atoms with Crippen LogP contribution in [0.3, 0.4) is 0 Å². The van der Waals surface area contributed by atoms with Crippen LogP contribution in [0, 0.1) is 10.1 Å². The predicted molar refractivity (Wildman–Crippen MR) is 134 cm³/mol. The smallest absolute Gasteiger partial charge is 0.410 e. The van der Waals surface area contributed by atoms with Crippen molar-refractivity contribution in [2.45, 2.75) is 36.9 Å². The van der Waals surface area contributed by atoms with E-state index in [2.05, 4.69) is 0 Å². The Kier molecular flexibility index (Phi) is 7.66. The van der Waals surface area contributed by atoms with Gasteiger partial charge in [-0.3, -0.25) is 15.0 Å². The van der Waals surface area contributed by atoms with Crippen LogP contribution < -0.4 is 0 Å². The normalized spacial score (nSPS) is 18.5. The number of nitro benzene ring substituents is 1. The van der Waals surface area contributed by atoms with E-state index in [0.717, 1.165) is 11.1 Å². The van der Waals surface area contributed by atoms with E-state index >= 15 is 0 Å². The third-order valence-corrected chi connectivity index (χ3v) is 8.04. The molecule has 1 fully saturated rings. The molecule has 1 aliphatic rings. The number of amides is 1. The van der Waals surface area contributed by atoms with Gasteiger partial charge in [0.25, 0.3) is 5.69 Å². The highest BCUT2D eigenvalue weighted by molar-refractivity contribution is 7.89. The van der Waals surface area contributed by atoms with Crippen molar-refractivity contribution >= 4 is 21.8 Å². The minimum Gasteiger partial charge on any atom is -0.445 e. The summed E-state index contributed by atoms with van der Waals surface area (Å²) in [4.78, 5) is 25.2. The van der Waals surface area contributed by atoms with E-state index in [1.54, 1.807) is 11.8 Å². The van der Waals surface area contributed by atoms with Gasteiger partial charge in [0.2, 0.25) is 10.0 Å². The van der Waals surface area contributed by atoms with Gasteiger partial charge in [0.1, 0.15) is 6.61 Å². The summed E-state index contributed by atoms with van der Waals surface area (Å²) in [6.07, 6.45) is -0.135. The van der Waals surface area contributed by atoms with Gasteiger partial charge in [-0.25, -0.2) is 13.2 Å². The van der Waals surface area contributed by atoms with Crippen molar-refractivity contribution in [3.05, 3.63) is 106 Å². The number of benzene rings is 3. The highest BCUT2D eigenvalue weighted by atomic mass is 32.2. The third kappa shape index (κ3) is 5.55. The van der Waals surface area contributed by atoms with Crippen LogP contribution in [-0.2, 0) is 27.8 Å². The largest absolute Gasteiger partial charge is 0.445 e. The van der Waals surface area contributed by atoms with Crippen molar-refractivity contribution in [1.82, 2.24) is 9.21 Å². The lowest BCUT2D eigenvalue weighted by atomic mass is 10.0. The number of nitrogens with zero attached hydrogens (tertiary/aromatic N) is 3. The molecule has 0 bridgehead atoms. The minimum atomic E-state index is -4.19. The van der Waals surface area contributed by atoms with Crippen molar-refractivity contribution in [3.8, 4) is 0 Å². The van der Waals surface area contributed by atoms with E-state index in [1.807, 2.05) is 60.7 Å². The maximum absolute atomic E-state index is 13.5. The van der Waals surface area contributed by atoms with Crippen LogP contribution in [0.5, 0.6) is 0 Å². The second-order valence-electron chi connectivity index (χ2n) is 8.69. The van der Waals surface area contributed by atoms with E-state index in [9.17, 15) is 23.3 Å². The Labute approximate surface area is 210 Å². The molecule has 3 aromatic carbocycles. The molecule has 0 saturated carbocycles. The fourth-order valence-corrected chi connectivity index (χ4v) is 6.19. The molecule has 4 rings (SSSR count). The first-order valence-electron chi connectivity index (χ1n) is 11.5. The molecule has 10 heteroatoms. The van der Waals surface area contributed by atoms with Crippen LogP contribution in [0.15, 0.2) is 89.8 Å². The Bertz CT molecular complexity index is 1320. The molecule has 9 nitrogen and oxygen atoms in total. The molecule has 3 aromatic rings. The van der Waals surface area contributed by atoms with Crippen molar-refractivity contribution in [2.24, 2.45) is 0 Å². The van der Waals surface area contributed by atoms with Gasteiger partial charge in [0.15, 0.2) is 4.90 Å². The average Bonchev–Trinajstić information content (AvgIpc) is 2.88. The van der Waals surface area contributed by atoms with Gasteiger partial charge >= 0.3 is 6.09 Å². The van der Waals surface area contributed by atoms with Crippen LogP contribution in [-0.4, -0.2) is 53.8 Å². The molecule has 188 valence electrons. The lowest BCUT2D eigenvalue weighted by Crippen LogP contribution is -2.61. The molecule has 2 atom stereocenters. The van der Waals surface area contributed by atoms with E-state index in [4.69, 9.17) is 4.74 Å². The molecule has 0 radical (unpaired) electrons. The Balaban J connectivity index is 1.62. The van der Waals surface area contributed by atoms with Crippen molar-refractivity contribution in [2.75, 3.05) is 13.1 Å². The second-order valence-corrected chi connectivity index (χ2v) is 10.6. The summed E-state index contributed by atoms with van der Waals surface area (Å²) in [6, 6.07) is 23.0. The van der Waals surface area contributed by atoms with Crippen molar-refractivity contribution in [3.63, 3.8) is 0 Å². The zero-order chi connectivity index (χ0) is 25.7. The quantitative estimate of drug-likeness (QED) is 0.348. The molecular formula is C26H27N3O6S. The SMILES string of the molecule is C[C@H]1CN(S(=O)(=O)c2ccccc2[N+](=O)[O-])C[C@H](Cc2ccccc2)N1C(=O)OCc1ccccc1. The van der Waals surface area contributed by atoms with Gasteiger partial charge in [-0.15, -0.1) is 0 Å². The number of para-hydroxylation sites is 1. The third-order valence-electron chi connectivity index (χ3n) is 6.16. The van der Waals surface area contributed by atoms with Gasteiger partial charge in [-0.1, -0.05) is 72.8 Å². The number of rotatable bonds is 7. The Morgan fingerprint density at radius 1 is 0.944 bits per heavy atom. The molecule has 0 spiro atoms. The summed E-state index contributed by atoms with van der Waals surface area (Å²) < 4.78 is 33.9. The first-order chi connectivity index (χ1) is 17.3. The van der Waals surface area contributed by atoms with Crippen molar-refractivity contribution in [1.29, 1.82) is 0 Å². The number of carbonyl (C=O) groups excluding carboxylic acids is 1. The summed E-state index contributed by atoms with van der Waals surface area (Å²) >= 11 is 0. The molecular weight excluding hydrogens is 482 g/mol. The molecule has 36 heavy (non-hydrogen) atoms. The second kappa shape index (κ2) is 10.9. The molecule has 1 aliphatic heterocycles. The first-order valence-corrected chi connectivity index (χ1v) is 13.0. The maximum atomic E-state index is 13.5. The summed E-state index contributed by atoms with van der Waals surface area (Å²) in [5, 5.41) is 11.5. The van der Waals surface area contributed by atoms with Crippen molar-refractivity contribution < 1.29 is 22.9 Å². The van der Waals surface area contributed by atoms with E-state index in [-0.39, 0.29) is 24.6 Å². The Morgan fingerprint density at radius 3 is 2.17 bits per heavy atom. The fourth-order valence-electron chi connectivity index (χ4n) is 4.47. The molecule has 1 saturated heterocycles. The number of piperazine rings is 1. The molecule has 1 amide bonds. The van der Waals surface area contributed by atoms with Gasteiger partial charge in [-0.05, 0) is 30.5 Å². The number of ether oxygens (including phenoxy) is 1. The first kappa shape index (κ1) is 25.3. The predicted octanol–water partition coefficient (Wildman–Crippen LogP) is 4.24. The number of carbonyl (C=O) groups is 1. The minimum absolute atomic E-state index is 0.0138. The van der Waals surface area contributed by atoms with E-state index < -0.39 is 38.8 Å². The van der Waals surface area contributed by atoms with Crippen LogP contribution in [0.25, 0.3) is 0 Å². The molecule has 1 heterocycles. The molecule has 0 N–H and O–H groups in total. The number of hydrogen-bond acceptors (Lipinski definition) is 6. The van der Waals surface area contributed by atoms with Crippen LogP contribution in [0.4, 0.5) is 10.5 Å². The van der Waals surface area contributed by atoms with E-state index in [1.165, 1.54) is 28.6 Å². The lowest BCUT2D eigenvalue weighted by molar-refractivity contribution is -0.387. The Morgan fingerprint density at radius 2 is 1.53 bits per heavy atom. The summed E-state index contributed by atoms with van der Waals surface area (Å²) in [6.45, 7) is 1.82. The number of hydrogen-bond donors (Lipinski definition) is 0. The van der Waals surface area contributed by atoms with Crippen LogP contribution >= 0.6 is 0 Å². The van der Waals surface area contributed by atoms with Crippen LogP contribution in [0.2, 0.25) is 0 Å². The number of sulfonamides is 1. The highest BCUT2D eigenvalue weighted by Gasteiger charge is 2.42. The monoisotopic (exact) mass is 509 g/mol. The zero-order valence-electron chi connectivity index (χ0n) is 19.8. The summed E-state index contributed by atoms with van der Waals surface area (Å²) in [5.74, 6) is 0. The van der Waals surface area contributed by atoms with E-state index in [0.29, 0.717) is 6.42 Å². The molecule has 0 aromatic heterocycles. The standard InChI is InChI=1S/C26H27N3O6S/c1-20-17-27(36(33,34)25-15-9-8-14-24(25)29(31)32)18-23(16-21-10-4-2-5-11-21)28(20)26(30)35-19-22-12-6-3-7-13-22/h2-15,20,23H,16-19H2,1H3/t20-,23-/m0/s1. The molecule has 0 unspecified atom stereocenters. The van der Waals surface area contributed by atoms with Crippen LogP contribution in [0.1, 0.15) is 18.1 Å².